The number of fused-ring (bicyclic) bond motifs is 5. The first kappa shape index (κ1) is 24.9. The molecule has 3 saturated carbocycles. The molecule has 33 heavy (non-hydrogen) atoms. The van der Waals surface area contributed by atoms with Crippen molar-refractivity contribution < 1.29 is 14.7 Å². The number of hydrogen-bond acceptors (Lipinski definition) is 3. The molecule has 4 aliphatic carbocycles. The Labute approximate surface area is 201 Å². The number of carbonyl (C=O) groups is 2. The first-order chi connectivity index (χ1) is 15.5. The zero-order chi connectivity index (χ0) is 24.2. The monoisotopic (exact) mass is 454 g/mol. The quantitative estimate of drug-likeness (QED) is 0.359. The number of aliphatic hydroxyl groups is 1. The molecule has 0 saturated heterocycles. The molecule has 3 heteroatoms. The molecule has 0 spiro atoms. The second-order valence-corrected chi connectivity index (χ2v) is 13.2. The average molecular weight is 455 g/mol. The van der Waals surface area contributed by atoms with E-state index in [1.807, 2.05) is 6.92 Å². The van der Waals surface area contributed by atoms with Gasteiger partial charge in [-0.1, -0.05) is 57.9 Å². The number of aliphatic hydroxyl groups excluding tert-OH is 1. The van der Waals surface area contributed by atoms with Crippen LogP contribution in [0.5, 0.6) is 0 Å². The molecule has 0 bridgehead atoms. The van der Waals surface area contributed by atoms with Gasteiger partial charge in [-0.05, 0) is 92.3 Å². The third-order valence-corrected chi connectivity index (χ3v) is 11.6. The van der Waals surface area contributed by atoms with E-state index >= 15 is 0 Å². The van der Waals surface area contributed by atoms with Gasteiger partial charge in [0.05, 0.1) is 6.61 Å². The van der Waals surface area contributed by atoms with Crippen molar-refractivity contribution in [1.82, 2.24) is 0 Å². The highest BCUT2D eigenvalue weighted by atomic mass is 16.3. The topological polar surface area (TPSA) is 54.4 Å². The van der Waals surface area contributed by atoms with Crippen molar-refractivity contribution in [2.24, 2.45) is 45.3 Å². The molecule has 0 aromatic rings. The van der Waals surface area contributed by atoms with Crippen LogP contribution in [0.2, 0.25) is 0 Å². The minimum atomic E-state index is -0.224. The second-order valence-electron chi connectivity index (χ2n) is 13.2. The highest BCUT2D eigenvalue weighted by Crippen LogP contribution is 2.73. The second kappa shape index (κ2) is 8.47. The van der Waals surface area contributed by atoms with Crippen LogP contribution in [0.3, 0.4) is 0 Å². The fourth-order valence-electron chi connectivity index (χ4n) is 9.19. The number of hydrogen-bond donors (Lipinski definition) is 1. The lowest BCUT2D eigenvalue weighted by atomic mass is 9.41. The normalized spacial score (nSPS) is 43.2. The molecule has 0 amide bonds. The molecule has 0 heterocycles. The van der Waals surface area contributed by atoms with Gasteiger partial charge in [0, 0.05) is 17.8 Å². The third-order valence-electron chi connectivity index (χ3n) is 11.6. The van der Waals surface area contributed by atoms with Crippen LogP contribution in [0.15, 0.2) is 23.3 Å². The number of carbonyl (C=O) groups excluding carboxylic acids is 2. The maximum Gasteiger partial charge on any atom is 0.138 e. The molecule has 0 radical (unpaired) electrons. The summed E-state index contributed by atoms with van der Waals surface area (Å²) in [6.07, 6.45) is 15.1. The molecule has 3 nitrogen and oxygen atoms in total. The summed E-state index contributed by atoms with van der Waals surface area (Å²) in [5.41, 5.74) is 2.95. The van der Waals surface area contributed by atoms with E-state index in [0.29, 0.717) is 23.5 Å². The number of aldehydes is 1. The van der Waals surface area contributed by atoms with Gasteiger partial charge in [0.1, 0.15) is 12.1 Å². The van der Waals surface area contributed by atoms with Crippen molar-refractivity contribution in [2.45, 2.75) is 99.3 Å². The maximum atomic E-state index is 12.8. The molecule has 4 rings (SSSR count). The highest BCUT2D eigenvalue weighted by Gasteiger charge is 2.65. The van der Waals surface area contributed by atoms with Crippen LogP contribution < -0.4 is 0 Å². The van der Waals surface area contributed by atoms with Crippen LogP contribution in [0.25, 0.3) is 0 Å². The summed E-state index contributed by atoms with van der Waals surface area (Å²) in [5, 5.41) is 9.30. The average Bonchev–Trinajstić information content (AvgIpc) is 3.05. The van der Waals surface area contributed by atoms with Crippen LogP contribution in [-0.2, 0) is 9.59 Å². The Bertz CT molecular complexity index is 866. The van der Waals surface area contributed by atoms with Gasteiger partial charge in [-0.3, -0.25) is 4.79 Å². The zero-order valence-corrected chi connectivity index (χ0v) is 21.9. The summed E-state index contributed by atoms with van der Waals surface area (Å²) >= 11 is 0. The molecular weight excluding hydrogens is 408 g/mol. The Morgan fingerprint density at radius 2 is 1.88 bits per heavy atom. The summed E-state index contributed by atoms with van der Waals surface area (Å²) in [5.74, 6) is 1.99. The molecule has 0 aliphatic heterocycles. The predicted molar refractivity (Wildman–Crippen MR) is 134 cm³/mol. The Hall–Kier alpha value is -1.22. The van der Waals surface area contributed by atoms with E-state index in [9.17, 15) is 14.7 Å². The molecular formula is C30H46O3. The molecule has 1 N–H and O–H groups in total. The van der Waals surface area contributed by atoms with Crippen LogP contribution >= 0.6 is 0 Å². The zero-order valence-electron chi connectivity index (χ0n) is 21.9. The number of Topliss-reactive ketones (excluding diaryl/α,β-unsaturated/α-hetero) is 1. The smallest absolute Gasteiger partial charge is 0.138 e. The van der Waals surface area contributed by atoms with E-state index in [0.717, 1.165) is 44.1 Å². The van der Waals surface area contributed by atoms with Crippen molar-refractivity contribution in [1.29, 1.82) is 0 Å². The number of allylic oxidation sites excluding steroid dienone is 3. The van der Waals surface area contributed by atoms with E-state index in [4.69, 9.17) is 0 Å². The first-order valence-electron chi connectivity index (χ1n) is 13.4. The minimum absolute atomic E-state index is 0.0925. The maximum absolute atomic E-state index is 12.8. The van der Waals surface area contributed by atoms with Crippen molar-refractivity contribution in [2.75, 3.05) is 6.61 Å². The van der Waals surface area contributed by atoms with Gasteiger partial charge in [-0.25, -0.2) is 0 Å². The largest absolute Gasteiger partial charge is 0.392 e. The lowest BCUT2D eigenvalue weighted by molar-refractivity contribution is -0.146. The summed E-state index contributed by atoms with van der Waals surface area (Å²) in [6.45, 7) is 13.9. The van der Waals surface area contributed by atoms with Crippen LogP contribution in [0, 0.1) is 45.3 Å². The number of rotatable bonds is 6. The summed E-state index contributed by atoms with van der Waals surface area (Å²) in [4.78, 5) is 25.1. The van der Waals surface area contributed by atoms with E-state index in [2.05, 4.69) is 46.8 Å². The van der Waals surface area contributed by atoms with Crippen molar-refractivity contribution in [3.05, 3.63) is 23.3 Å². The predicted octanol–water partition coefficient (Wildman–Crippen LogP) is 6.69. The van der Waals surface area contributed by atoms with Crippen molar-refractivity contribution in [3.8, 4) is 0 Å². The Morgan fingerprint density at radius 1 is 1.15 bits per heavy atom. The van der Waals surface area contributed by atoms with Crippen LogP contribution in [0.1, 0.15) is 99.3 Å². The standard InChI is InChI=1S/C30H46O3/c1-20(18-31)8-7-9-21(19-32)22-12-16-30(6)24-10-11-25-27(2,3)26(33)14-15-28(25,4)23(24)13-17-29(22,30)5/h8,10,19,21-23,25,31H,7,9,11-18H2,1-6H3/b20-8-/t21-,22-,23-,25-,28+,29-,30+/m0/s1. The summed E-state index contributed by atoms with van der Waals surface area (Å²) in [7, 11) is 0. The highest BCUT2D eigenvalue weighted by molar-refractivity contribution is 5.85. The molecule has 0 aromatic heterocycles. The summed E-state index contributed by atoms with van der Waals surface area (Å²) < 4.78 is 0. The Morgan fingerprint density at radius 3 is 2.55 bits per heavy atom. The molecule has 3 fully saturated rings. The van der Waals surface area contributed by atoms with Gasteiger partial charge >= 0.3 is 0 Å². The fraction of sp³-hybridized carbons (Fsp3) is 0.800. The lowest BCUT2D eigenvalue weighted by Crippen LogP contribution is -2.57. The molecule has 0 unspecified atom stereocenters. The Balaban J connectivity index is 1.63. The van der Waals surface area contributed by atoms with Gasteiger partial charge in [0.15, 0.2) is 0 Å². The van der Waals surface area contributed by atoms with Gasteiger partial charge < -0.3 is 9.90 Å². The fourth-order valence-corrected chi connectivity index (χ4v) is 9.19. The SMILES string of the molecule is C/C(=C/CC[C@@H](C=O)[C@@H]1CC[C@]2(C)C3=CC[C@H]4C(C)(C)C(=O)CC[C@]4(C)[C@H]3CC[C@@]12C)CO. The third kappa shape index (κ3) is 3.55. The molecule has 4 aliphatic rings. The molecule has 184 valence electrons. The van der Waals surface area contributed by atoms with E-state index in [-0.39, 0.29) is 34.2 Å². The molecule has 0 aromatic carbocycles. The van der Waals surface area contributed by atoms with Gasteiger partial charge in [0.25, 0.3) is 0 Å². The van der Waals surface area contributed by atoms with Crippen LogP contribution in [-0.4, -0.2) is 23.8 Å². The van der Waals surface area contributed by atoms with E-state index < -0.39 is 0 Å². The van der Waals surface area contributed by atoms with Crippen LogP contribution in [0.4, 0.5) is 0 Å². The Kier molecular flexibility index (Phi) is 6.39. The summed E-state index contributed by atoms with van der Waals surface area (Å²) in [6, 6.07) is 0. The number of ketones is 1. The van der Waals surface area contributed by atoms with E-state index in [1.54, 1.807) is 5.57 Å². The van der Waals surface area contributed by atoms with Crippen molar-refractivity contribution >= 4 is 12.1 Å². The molecule has 7 atom stereocenters. The van der Waals surface area contributed by atoms with E-state index in [1.165, 1.54) is 25.5 Å². The first-order valence-corrected chi connectivity index (χ1v) is 13.4. The van der Waals surface area contributed by atoms with Crippen molar-refractivity contribution in [3.63, 3.8) is 0 Å². The lowest BCUT2D eigenvalue weighted by Gasteiger charge is -2.63. The van der Waals surface area contributed by atoms with Gasteiger partial charge in [-0.2, -0.15) is 0 Å². The minimum Gasteiger partial charge on any atom is -0.392 e. The van der Waals surface area contributed by atoms with Gasteiger partial charge in [0.2, 0.25) is 0 Å². The van der Waals surface area contributed by atoms with Gasteiger partial charge in [-0.15, -0.1) is 0 Å².